The van der Waals surface area contributed by atoms with Crippen LogP contribution in [0.25, 0.3) is 0 Å². The van der Waals surface area contributed by atoms with Gasteiger partial charge in [-0.3, -0.25) is 0 Å². The van der Waals surface area contributed by atoms with E-state index in [-0.39, 0.29) is 5.82 Å². The molecule has 0 saturated heterocycles. The van der Waals surface area contributed by atoms with Crippen LogP contribution in [0.2, 0.25) is 0 Å². The molecule has 0 aliphatic carbocycles. The normalized spacial score (nSPS) is 11.0. The predicted molar refractivity (Wildman–Crippen MR) is 78.0 cm³/mol. The zero-order valence-electron chi connectivity index (χ0n) is 12.3. The molecular weight excluding hydrogens is 241 g/mol. The Hall–Kier alpha value is -1.09. The van der Waals surface area contributed by atoms with Crippen LogP contribution in [0.1, 0.15) is 45.6 Å². The zero-order valence-corrected chi connectivity index (χ0v) is 12.3. The van der Waals surface area contributed by atoms with Crippen molar-refractivity contribution in [2.24, 2.45) is 5.92 Å². The maximum Gasteiger partial charge on any atom is 0.123 e. The summed E-state index contributed by atoms with van der Waals surface area (Å²) < 4.78 is 19.2. The van der Waals surface area contributed by atoms with Gasteiger partial charge in [-0.2, -0.15) is 0 Å². The molecule has 0 heterocycles. The van der Waals surface area contributed by atoms with Crippen molar-refractivity contribution in [1.82, 2.24) is 5.32 Å². The molecule has 1 N–H and O–H groups in total. The molecule has 0 aliphatic rings. The van der Waals surface area contributed by atoms with E-state index in [4.69, 9.17) is 4.74 Å². The Labute approximate surface area is 116 Å². The molecule has 0 amide bonds. The molecule has 3 heteroatoms. The monoisotopic (exact) mass is 267 g/mol. The van der Waals surface area contributed by atoms with Gasteiger partial charge in [0.15, 0.2) is 0 Å². The first-order valence-corrected chi connectivity index (χ1v) is 7.33. The van der Waals surface area contributed by atoms with Gasteiger partial charge >= 0.3 is 0 Å². The van der Waals surface area contributed by atoms with E-state index in [1.165, 1.54) is 6.07 Å². The van der Waals surface area contributed by atoms with Gasteiger partial charge in [-0.05, 0) is 37.1 Å². The first-order chi connectivity index (χ1) is 9.21. The molecule has 0 aliphatic heterocycles. The highest BCUT2D eigenvalue weighted by molar-refractivity contribution is 5.33. The van der Waals surface area contributed by atoms with E-state index in [9.17, 15) is 4.39 Å². The highest BCUT2D eigenvalue weighted by atomic mass is 19.1. The third-order valence-electron chi connectivity index (χ3n) is 3.39. The predicted octanol–water partition coefficient (Wildman–Crippen LogP) is 4.14. The Bertz CT molecular complexity index is 364. The van der Waals surface area contributed by atoms with Gasteiger partial charge in [-0.25, -0.2) is 4.39 Å². The topological polar surface area (TPSA) is 21.3 Å². The summed E-state index contributed by atoms with van der Waals surface area (Å²) in [4.78, 5) is 0. The number of nitrogens with one attached hydrogen (secondary N) is 1. The van der Waals surface area contributed by atoms with Crippen molar-refractivity contribution in [3.63, 3.8) is 0 Å². The van der Waals surface area contributed by atoms with Crippen LogP contribution in [0.4, 0.5) is 4.39 Å². The number of ether oxygens (including phenoxy) is 1. The van der Waals surface area contributed by atoms with E-state index in [0.717, 1.165) is 37.1 Å². The van der Waals surface area contributed by atoms with Gasteiger partial charge in [0.2, 0.25) is 0 Å². The van der Waals surface area contributed by atoms with Gasteiger partial charge in [0.1, 0.15) is 11.6 Å². The standard InChI is InChI=1S/C16H26FNO/c1-4-9-18-11-14-10-15(17)7-8-16(14)19-12-13(5-2)6-3/h7-8,10,13,18H,4-6,9,11-12H2,1-3H3. The highest BCUT2D eigenvalue weighted by Gasteiger charge is 2.08. The summed E-state index contributed by atoms with van der Waals surface area (Å²) in [7, 11) is 0. The zero-order chi connectivity index (χ0) is 14.1. The van der Waals surface area contributed by atoms with Crippen LogP contribution in [0.3, 0.4) is 0 Å². The van der Waals surface area contributed by atoms with Crippen molar-refractivity contribution in [2.75, 3.05) is 13.2 Å². The van der Waals surface area contributed by atoms with Crippen molar-refractivity contribution < 1.29 is 9.13 Å². The fraction of sp³-hybridized carbons (Fsp3) is 0.625. The molecule has 19 heavy (non-hydrogen) atoms. The lowest BCUT2D eigenvalue weighted by Gasteiger charge is -2.16. The smallest absolute Gasteiger partial charge is 0.123 e. The van der Waals surface area contributed by atoms with Crippen molar-refractivity contribution >= 4 is 0 Å². The van der Waals surface area contributed by atoms with E-state index < -0.39 is 0 Å². The van der Waals surface area contributed by atoms with E-state index in [2.05, 4.69) is 26.1 Å². The summed E-state index contributed by atoms with van der Waals surface area (Å²) in [6, 6.07) is 4.76. The number of benzene rings is 1. The van der Waals surface area contributed by atoms with Crippen LogP contribution in [0, 0.1) is 11.7 Å². The second-order valence-electron chi connectivity index (χ2n) is 4.92. The Morgan fingerprint density at radius 2 is 1.95 bits per heavy atom. The summed E-state index contributed by atoms with van der Waals surface area (Å²) in [5.74, 6) is 1.17. The van der Waals surface area contributed by atoms with Crippen LogP contribution < -0.4 is 10.1 Å². The third kappa shape index (κ3) is 5.60. The summed E-state index contributed by atoms with van der Waals surface area (Å²) >= 11 is 0. The second-order valence-corrected chi connectivity index (χ2v) is 4.92. The molecule has 1 aromatic carbocycles. The second kappa shape index (κ2) is 8.92. The quantitative estimate of drug-likeness (QED) is 0.679. The molecule has 0 spiro atoms. The molecule has 0 bridgehead atoms. The Morgan fingerprint density at radius 3 is 2.58 bits per heavy atom. The van der Waals surface area contributed by atoms with Crippen LogP contribution >= 0.6 is 0 Å². The van der Waals surface area contributed by atoms with Crippen molar-refractivity contribution in [3.05, 3.63) is 29.6 Å². The lowest BCUT2D eigenvalue weighted by atomic mass is 10.1. The number of rotatable bonds is 9. The number of halogens is 1. The third-order valence-corrected chi connectivity index (χ3v) is 3.39. The molecule has 0 fully saturated rings. The summed E-state index contributed by atoms with van der Waals surface area (Å²) in [6.45, 7) is 8.76. The van der Waals surface area contributed by atoms with Crippen LogP contribution in [0.5, 0.6) is 5.75 Å². The molecule has 0 unspecified atom stereocenters. The lowest BCUT2D eigenvalue weighted by Crippen LogP contribution is -2.16. The van der Waals surface area contributed by atoms with Crippen molar-refractivity contribution in [2.45, 2.75) is 46.6 Å². The minimum Gasteiger partial charge on any atom is -0.493 e. The van der Waals surface area contributed by atoms with Crippen LogP contribution in [-0.2, 0) is 6.54 Å². The molecule has 0 aromatic heterocycles. The van der Waals surface area contributed by atoms with Gasteiger partial charge in [-0.1, -0.05) is 33.6 Å². The molecule has 0 radical (unpaired) electrons. The van der Waals surface area contributed by atoms with Gasteiger partial charge < -0.3 is 10.1 Å². The largest absolute Gasteiger partial charge is 0.493 e. The van der Waals surface area contributed by atoms with E-state index in [0.29, 0.717) is 19.1 Å². The number of hydrogen-bond donors (Lipinski definition) is 1. The van der Waals surface area contributed by atoms with Gasteiger partial charge in [-0.15, -0.1) is 0 Å². The lowest BCUT2D eigenvalue weighted by molar-refractivity contribution is 0.238. The SMILES string of the molecule is CCCNCc1cc(F)ccc1OCC(CC)CC. The first-order valence-electron chi connectivity index (χ1n) is 7.33. The maximum atomic E-state index is 13.3. The Kier molecular flexibility index (Phi) is 7.49. The average Bonchev–Trinajstić information content (AvgIpc) is 2.42. The van der Waals surface area contributed by atoms with E-state index in [1.807, 2.05) is 0 Å². The maximum absolute atomic E-state index is 13.3. The Morgan fingerprint density at radius 1 is 1.21 bits per heavy atom. The molecule has 1 aromatic rings. The molecule has 0 saturated carbocycles. The van der Waals surface area contributed by atoms with Gasteiger partial charge in [0.05, 0.1) is 6.61 Å². The van der Waals surface area contributed by atoms with E-state index in [1.54, 1.807) is 12.1 Å². The Balaban J connectivity index is 2.64. The first kappa shape index (κ1) is 16.0. The van der Waals surface area contributed by atoms with Gasteiger partial charge in [0.25, 0.3) is 0 Å². The minimum atomic E-state index is -0.205. The van der Waals surface area contributed by atoms with E-state index >= 15 is 0 Å². The van der Waals surface area contributed by atoms with Crippen molar-refractivity contribution in [3.8, 4) is 5.75 Å². The minimum absolute atomic E-state index is 0.205. The highest BCUT2D eigenvalue weighted by Crippen LogP contribution is 2.21. The summed E-state index contributed by atoms with van der Waals surface area (Å²) in [5.41, 5.74) is 0.902. The fourth-order valence-electron chi connectivity index (χ4n) is 1.96. The van der Waals surface area contributed by atoms with Crippen LogP contribution in [-0.4, -0.2) is 13.2 Å². The van der Waals surface area contributed by atoms with Crippen molar-refractivity contribution in [1.29, 1.82) is 0 Å². The summed E-state index contributed by atoms with van der Waals surface area (Å²) in [5, 5.41) is 3.29. The van der Waals surface area contributed by atoms with Gasteiger partial charge in [0, 0.05) is 12.1 Å². The molecule has 1 rings (SSSR count). The molecular formula is C16H26FNO. The average molecular weight is 267 g/mol. The summed E-state index contributed by atoms with van der Waals surface area (Å²) in [6.07, 6.45) is 3.29. The molecule has 0 atom stereocenters. The van der Waals surface area contributed by atoms with Crippen LogP contribution in [0.15, 0.2) is 18.2 Å². The fourth-order valence-corrected chi connectivity index (χ4v) is 1.96. The molecule has 2 nitrogen and oxygen atoms in total. The molecule has 108 valence electrons. The number of hydrogen-bond acceptors (Lipinski definition) is 2.